The van der Waals surface area contributed by atoms with Crippen LogP contribution in [-0.2, 0) is 7.05 Å². The average Bonchev–Trinajstić information content (AvgIpc) is 2.84. The van der Waals surface area contributed by atoms with E-state index in [0.29, 0.717) is 10.7 Å². The van der Waals surface area contributed by atoms with Crippen molar-refractivity contribution in [1.29, 1.82) is 0 Å². The van der Waals surface area contributed by atoms with Gasteiger partial charge in [-0.2, -0.15) is 0 Å². The Bertz CT molecular complexity index is 801. The summed E-state index contributed by atoms with van der Waals surface area (Å²) in [5, 5.41) is 21.8. The van der Waals surface area contributed by atoms with Crippen molar-refractivity contribution in [3.63, 3.8) is 0 Å². The maximum atomic E-state index is 11.1. The molecule has 0 amide bonds. The highest BCUT2D eigenvalue weighted by Gasteiger charge is 2.13. The molecule has 0 bridgehead atoms. The number of carbonyl (C=O) groups is 1. The number of aromatic carboxylic acids is 1. The van der Waals surface area contributed by atoms with Gasteiger partial charge in [-0.25, -0.2) is 14.5 Å². The Morgan fingerprint density at radius 1 is 1.35 bits per heavy atom. The molecule has 0 fully saturated rings. The van der Waals surface area contributed by atoms with Crippen LogP contribution in [0.5, 0.6) is 0 Å². The van der Waals surface area contributed by atoms with Crippen molar-refractivity contribution in [2.45, 2.75) is 10.1 Å². The van der Waals surface area contributed by atoms with Crippen LogP contribution in [0.3, 0.4) is 0 Å². The lowest BCUT2D eigenvalue weighted by molar-refractivity contribution is 0.0690. The molecule has 0 atom stereocenters. The highest BCUT2D eigenvalue weighted by molar-refractivity contribution is 7.99. The molecule has 0 aliphatic heterocycles. The average molecular weight is 287 g/mol. The van der Waals surface area contributed by atoms with Crippen molar-refractivity contribution in [3.05, 3.63) is 36.0 Å². The normalized spacial score (nSPS) is 10.8. The summed E-state index contributed by atoms with van der Waals surface area (Å²) in [5.41, 5.74) is 0.631. The van der Waals surface area contributed by atoms with Gasteiger partial charge in [0.25, 0.3) is 0 Å². The lowest BCUT2D eigenvalue weighted by atomic mass is 10.2. The minimum absolute atomic E-state index is 0.00123. The van der Waals surface area contributed by atoms with Gasteiger partial charge in [0.1, 0.15) is 5.69 Å². The third-order valence-electron chi connectivity index (χ3n) is 2.68. The van der Waals surface area contributed by atoms with Crippen molar-refractivity contribution < 1.29 is 9.90 Å². The fourth-order valence-electron chi connectivity index (χ4n) is 1.74. The van der Waals surface area contributed by atoms with Crippen LogP contribution in [0, 0.1) is 0 Å². The van der Waals surface area contributed by atoms with E-state index >= 15 is 0 Å². The SMILES string of the molecule is Cn1nnnc1Sc1cc(C(=O)O)nc2ccccc12. The molecule has 100 valence electrons. The number of rotatable bonds is 3. The summed E-state index contributed by atoms with van der Waals surface area (Å²) in [5.74, 6) is -1.06. The highest BCUT2D eigenvalue weighted by atomic mass is 32.2. The maximum Gasteiger partial charge on any atom is 0.354 e. The minimum Gasteiger partial charge on any atom is -0.477 e. The monoisotopic (exact) mass is 287 g/mol. The summed E-state index contributed by atoms with van der Waals surface area (Å²) in [7, 11) is 1.73. The molecule has 3 aromatic rings. The predicted octanol–water partition coefficient (Wildman–Crippen LogP) is 1.61. The van der Waals surface area contributed by atoms with Gasteiger partial charge < -0.3 is 5.11 Å². The number of aryl methyl sites for hydroxylation is 1. The molecule has 3 rings (SSSR count). The smallest absolute Gasteiger partial charge is 0.354 e. The molecule has 0 saturated carbocycles. The van der Waals surface area contributed by atoms with E-state index in [2.05, 4.69) is 20.5 Å². The summed E-state index contributed by atoms with van der Waals surface area (Å²) < 4.78 is 1.53. The zero-order valence-corrected chi connectivity index (χ0v) is 11.2. The van der Waals surface area contributed by atoms with Gasteiger partial charge >= 0.3 is 5.97 Å². The number of benzene rings is 1. The summed E-state index contributed by atoms with van der Waals surface area (Å²) in [6.45, 7) is 0. The number of aromatic nitrogens is 5. The first-order valence-corrected chi connectivity index (χ1v) is 6.50. The Morgan fingerprint density at radius 3 is 2.85 bits per heavy atom. The number of carboxylic acids is 1. The second-order valence-electron chi connectivity index (χ2n) is 4.02. The largest absolute Gasteiger partial charge is 0.477 e. The van der Waals surface area contributed by atoms with Crippen LogP contribution in [-0.4, -0.2) is 36.3 Å². The van der Waals surface area contributed by atoms with E-state index in [4.69, 9.17) is 5.11 Å². The van der Waals surface area contributed by atoms with E-state index in [1.54, 1.807) is 13.1 Å². The van der Waals surface area contributed by atoms with Gasteiger partial charge in [-0.05, 0) is 34.3 Å². The van der Waals surface area contributed by atoms with Gasteiger partial charge in [0.2, 0.25) is 5.16 Å². The Hall–Kier alpha value is -2.48. The molecule has 7 nitrogen and oxygen atoms in total. The zero-order chi connectivity index (χ0) is 14.1. The molecule has 0 unspecified atom stereocenters. The second-order valence-corrected chi connectivity index (χ2v) is 5.02. The lowest BCUT2D eigenvalue weighted by Gasteiger charge is -2.06. The lowest BCUT2D eigenvalue weighted by Crippen LogP contribution is -2.01. The van der Waals surface area contributed by atoms with Crippen LogP contribution in [0.15, 0.2) is 40.4 Å². The van der Waals surface area contributed by atoms with Gasteiger partial charge in [0.05, 0.1) is 5.52 Å². The third kappa shape index (κ3) is 2.21. The van der Waals surface area contributed by atoms with Gasteiger partial charge in [-0.3, -0.25) is 0 Å². The summed E-state index contributed by atoms with van der Waals surface area (Å²) in [6.07, 6.45) is 0. The van der Waals surface area contributed by atoms with E-state index < -0.39 is 5.97 Å². The first kappa shape index (κ1) is 12.5. The van der Waals surface area contributed by atoms with E-state index in [1.165, 1.54) is 22.5 Å². The number of carboxylic acid groups (broad SMARTS) is 1. The predicted molar refractivity (Wildman–Crippen MR) is 71.6 cm³/mol. The van der Waals surface area contributed by atoms with Crippen LogP contribution in [0.25, 0.3) is 10.9 Å². The maximum absolute atomic E-state index is 11.1. The molecule has 0 radical (unpaired) electrons. The molecule has 2 heterocycles. The van der Waals surface area contributed by atoms with Crippen molar-refractivity contribution in [2.75, 3.05) is 0 Å². The Kier molecular flexibility index (Phi) is 3.07. The van der Waals surface area contributed by atoms with E-state index in [-0.39, 0.29) is 5.69 Å². The first-order chi connectivity index (χ1) is 9.65. The van der Waals surface area contributed by atoms with Crippen LogP contribution < -0.4 is 0 Å². The van der Waals surface area contributed by atoms with Crippen molar-refractivity contribution >= 4 is 28.6 Å². The molecular formula is C12H9N5O2S. The van der Waals surface area contributed by atoms with Gasteiger partial charge in [0.15, 0.2) is 0 Å². The summed E-state index contributed by atoms with van der Waals surface area (Å²) in [6, 6.07) is 8.90. The van der Waals surface area contributed by atoms with Crippen molar-refractivity contribution in [2.24, 2.45) is 7.05 Å². The number of pyridine rings is 1. The highest BCUT2D eigenvalue weighted by Crippen LogP contribution is 2.31. The standard InChI is InChI=1S/C12H9N5O2S/c1-17-12(14-15-16-17)20-10-6-9(11(18)19)13-8-5-3-2-4-7(8)10/h2-6H,1H3,(H,18,19). The number of hydrogen-bond donors (Lipinski definition) is 1. The van der Waals surface area contributed by atoms with Gasteiger partial charge in [0, 0.05) is 17.3 Å². The van der Waals surface area contributed by atoms with Crippen LogP contribution >= 0.6 is 11.8 Å². The van der Waals surface area contributed by atoms with E-state index in [1.807, 2.05) is 18.2 Å². The molecule has 20 heavy (non-hydrogen) atoms. The van der Waals surface area contributed by atoms with Crippen molar-refractivity contribution in [1.82, 2.24) is 25.2 Å². The van der Waals surface area contributed by atoms with Crippen LogP contribution in [0.4, 0.5) is 0 Å². The van der Waals surface area contributed by atoms with Crippen LogP contribution in [0.2, 0.25) is 0 Å². The van der Waals surface area contributed by atoms with Gasteiger partial charge in [-0.1, -0.05) is 18.2 Å². The zero-order valence-electron chi connectivity index (χ0n) is 10.4. The third-order valence-corrected chi connectivity index (χ3v) is 3.77. The number of nitrogens with zero attached hydrogens (tertiary/aromatic N) is 5. The van der Waals surface area contributed by atoms with Gasteiger partial charge in [-0.15, -0.1) is 5.10 Å². The molecular weight excluding hydrogens is 278 g/mol. The molecule has 2 aromatic heterocycles. The number of tetrazole rings is 1. The minimum atomic E-state index is -1.06. The fourth-order valence-corrected chi connectivity index (χ4v) is 2.64. The van der Waals surface area contributed by atoms with Crippen molar-refractivity contribution in [3.8, 4) is 0 Å². The Balaban J connectivity index is 2.17. The molecule has 0 spiro atoms. The Labute approximate surface area is 117 Å². The molecule has 1 aromatic carbocycles. The topological polar surface area (TPSA) is 93.8 Å². The van der Waals surface area contributed by atoms with Crippen LogP contribution in [0.1, 0.15) is 10.5 Å². The summed E-state index contributed by atoms with van der Waals surface area (Å²) >= 11 is 1.31. The molecule has 8 heteroatoms. The summed E-state index contributed by atoms with van der Waals surface area (Å²) in [4.78, 5) is 16.0. The molecule has 1 N–H and O–H groups in total. The number of fused-ring (bicyclic) bond motifs is 1. The quantitative estimate of drug-likeness (QED) is 0.782. The van der Waals surface area contributed by atoms with E-state index in [0.717, 1.165) is 10.3 Å². The molecule has 0 aliphatic carbocycles. The fraction of sp³-hybridized carbons (Fsp3) is 0.0833. The molecule has 0 aliphatic rings. The Morgan fingerprint density at radius 2 is 2.15 bits per heavy atom. The number of hydrogen-bond acceptors (Lipinski definition) is 6. The first-order valence-electron chi connectivity index (χ1n) is 5.68. The second kappa shape index (κ2) is 4.89. The number of para-hydroxylation sites is 1. The van der Waals surface area contributed by atoms with E-state index in [9.17, 15) is 4.79 Å². The molecule has 0 saturated heterocycles.